The van der Waals surface area contributed by atoms with Crippen molar-refractivity contribution in [1.82, 2.24) is 10.2 Å². The van der Waals surface area contributed by atoms with Crippen molar-refractivity contribution in [3.8, 4) is 0 Å². The van der Waals surface area contributed by atoms with Crippen LogP contribution < -0.4 is 11.1 Å². The number of hydrogen-bond donors (Lipinski definition) is 2. The van der Waals surface area contributed by atoms with E-state index in [0.717, 1.165) is 19.4 Å². The predicted molar refractivity (Wildman–Crippen MR) is 82.6 cm³/mol. The van der Waals surface area contributed by atoms with Crippen LogP contribution >= 0.6 is 12.4 Å². The van der Waals surface area contributed by atoms with Gasteiger partial charge in [0.25, 0.3) is 0 Å². The smallest absolute Gasteiger partial charge is 0.236 e. The molecule has 3 N–H and O–H groups in total. The second kappa shape index (κ2) is 10.5. The number of carbonyl (C=O) groups is 1. The Morgan fingerprint density at radius 2 is 1.95 bits per heavy atom. The summed E-state index contributed by atoms with van der Waals surface area (Å²) in [6.07, 6.45) is 5.37. The average Bonchev–Trinajstić information content (AvgIpc) is 2.38. The number of amides is 1. The van der Waals surface area contributed by atoms with E-state index >= 15 is 0 Å². The van der Waals surface area contributed by atoms with Crippen LogP contribution in [0.1, 0.15) is 46.0 Å². The van der Waals surface area contributed by atoms with Gasteiger partial charge in [0.15, 0.2) is 0 Å². The van der Waals surface area contributed by atoms with Gasteiger partial charge in [0, 0.05) is 6.54 Å². The van der Waals surface area contributed by atoms with Crippen molar-refractivity contribution in [1.29, 1.82) is 0 Å². The van der Waals surface area contributed by atoms with E-state index in [-0.39, 0.29) is 24.4 Å². The average molecular weight is 292 g/mol. The first-order valence-electron chi connectivity index (χ1n) is 7.43. The monoisotopic (exact) mass is 291 g/mol. The molecule has 0 bridgehead atoms. The Kier molecular flexibility index (Phi) is 10.3. The Labute approximate surface area is 123 Å². The van der Waals surface area contributed by atoms with Crippen molar-refractivity contribution in [2.24, 2.45) is 11.7 Å². The Balaban J connectivity index is 0.00000324. The lowest BCUT2D eigenvalue weighted by molar-refractivity contribution is -0.122. The minimum Gasteiger partial charge on any atom is -0.354 e. The molecule has 0 aliphatic carbocycles. The molecule has 0 saturated carbocycles. The van der Waals surface area contributed by atoms with E-state index in [4.69, 9.17) is 5.73 Å². The highest BCUT2D eigenvalue weighted by atomic mass is 35.5. The maximum absolute atomic E-state index is 11.7. The number of carbonyl (C=O) groups excluding carboxylic acids is 1. The van der Waals surface area contributed by atoms with Crippen molar-refractivity contribution >= 4 is 18.3 Å². The van der Waals surface area contributed by atoms with Crippen LogP contribution in [0.2, 0.25) is 0 Å². The van der Waals surface area contributed by atoms with Crippen molar-refractivity contribution in [2.45, 2.75) is 52.0 Å². The molecule has 0 aromatic carbocycles. The summed E-state index contributed by atoms with van der Waals surface area (Å²) in [6.45, 7) is 8.64. The first-order chi connectivity index (χ1) is 8.67. The quantitative estimate of drug-likeness (QED) is 0.752. The molecule has 0 aromatic rings. The van der Waals surface area contributed by atoms with Gasteiger partial charge in [0.2, 0.25) is 5.91 Å². The molecular formula is C14H30ClN3O. The van der Waals surface area contributed by atoms with Gasteiger partial charge < -0.3 is 16.0 Å². The number of piperidine rings is 1. The molecule has 0 radical (unpaired) electrons. The Bertz CT molecular complexity index is 243. The van der Waals surface area contributed by atoms with Gasteiger partial charge in [-0.05, 0) is 51.2 Å². The fourth-order valence-electron chi connectivity index (χ4n) is 2.55. The number of hydrogen-bond acceptors (Lipinski definition) is 3. The van der Waals surface area contributed by atoms with Gasteiger partial charge in [0.1, 0.15) is 0 Å². The van der Waals surface area contributed by atoms with Gasteiger partial charge in [-0.15, -0.1) is 12.4 Å². The van der Waals surface area contributed by atoms with Crippen molar-refractivity contribution in [2.75, 3.05) is 26.2 Å². The maximum atomic E-state index is 11.7. The Hall–Kier alpha value is -0.320. The van der Waals surface area contributed by atoms with Crippen LogP contribution in [0.25, 0.3) is 0 Å². The normalized spacial score (nSPS) is 18.7. The first-order valence-corrected chi connectivity index (χ1v) is 7.43. The van der Waals surface area contributed by atoms with E-state index in [0.29, 0.717) is 5.92 Å². The molecule has 114 valence electrons. The number of halogens is 1. The van der Waals surface area contributed by atoms with E-state index in [1.54, 1.807) is 0 Å². The summed E-state index contributed by atoms with van der Waals surface area (Å²) >= 11 is 0. The highest BCUT2D eigenvalue weighted by molar-refractivity contribution is 5.85. The predicted octanol–water partition coefficient (Wildman–Crippen LogP) is 1.77. The zero-order valence-electron chi connectivity index (χ0n) is 12.4. The molecule has 0 aromatic heterocycles. The highest BCUT2D eigenvalue weighted by Crippen LogP contribution is 2.16. The van der Waals surface area contributed by atoms with Crippen LogP contribution in [-0.2, 0) is 4.79 Å². The van der Waals surface area contributed by atoms with Crippen molar-refractivity contribution in [3.05, 3.63) is 0 Å². The first kappa shape index (κ1) is 18.7. The second-order valence-electron chi connectivity index (χ2n) is 5.43. The highest BCUT2D eigenvalue weighted by Gasteiger charge is 2.20. The third-order valence-corrected chi connectivity index (χ3v) is 3.75. The summed E-state index contributed by atoms with van der Waals surface area (Å²) < 4.78 is 0. The van der Waals surface area contributed by atoms with Crippen molar-refractivity contribution in [3.63, 3.8) is 0 Å². The lowest BCUT2D eigenvalue weighted by atomic mass is 9.96. The van der Waals surface area contributed by atoms with E-state index in [2.05, 4.69) is 24.1 Å². The van der Waals surface area contributed by atoms with Crippen LogP contribution in [-0.4, -0.2) is 43.0 Å². The van der Waals surface area contributed by atoms with Crippen LogP contribution in [0, 0.1) is 5.92 Å². The molecule has 1 heterocycles. The standard InChI is InChI=1S/C14H29N3O.ClH/c1-3-5-13(15)14(18)16-11-12-6-9-17(8-4-2)10-7-12;/h12-13H,3-11,15H2,1-2H3,(H,16,18);1H. The summed E-state index contributed by atoms with van der Waals surface area (Å²) in [6, 6.07) is -0.324. The van der Waals surface area contributed by atoms with Crippen LogP contribution in [0.15, 0.2) is 0 Å². The van der Waals surface area contributed by atoms with Crippen LogP contribution in [0.4, 0.5) is 0 Å². The number of nitrogens with zero attached hydrogens (tertiary/aromatic N) is 1. The molecule has 19 heavy (non-hydrogen) atoms. The lowest BCUT2D eigenvalue weighted by Gasteiger charge is -2.31. The molecule has 1 amide bonds. The second-order valence-corrected chi connectivity index (χ2v) is 5.43. The molecule has 4 nitrogen and oxygen atoms in total. The summed E-state index contributed by atoms with van der Waals surface area (Å²) in [5, 5.41) is 3.00. The maximum Gasteiger partial charge on any atom is 0.236 e. The minimum absolute atomic E-state index is 0. The van der Waals surface area contributed by atoms with Gasteiger partial charge in [-0.2, -0.15) is 0 Å². The van der Waals surface area contributed by atoms with Gasteiger partial charge >= 0.3 is 0 Å². The van der Waals surface area contributed by atoms with Crippen LogP contribution in [0.3, 0.4) is 0 Å². The molecule has 5 heteroatoms. The van der Waals surface area contributed by atoms with Gasteiger partial charge in [0.05, 0.1) is 6.04 Å². The SMILES string of the molecule is CCCC(N)C(=O)NCC1CCN(CCC)CC1.Cl. The van der Waals surface area contributed by atoms with Gasteiger partial charge in [-0.3, -0.25) is 4.79 Å². The molecule has 1 aliphatic rings. The number of nitrogens with one attached hydrogen (secondary N) is 1. The van der Waals surface area contributed by atoms with E-state index in [9.17, 15) is 4.79 Å². The molecule has 1 fully saturated rings. The van der Waals surface area contributed by atoms with Crippen molar-refractivity contribution < 1.29 is 4.79 Å². The molecule has 1 unspecified atom stereocenters. The molecule has 1 saturated heterocycles. The van der Waals surface area contributed by atoms with E-state index < -0.39 is 0 Å². The molecule has 1 rings (SSSR count). The molecule has 1 atom stereocenters. The number of nitrogens with two attached hydrogens (primary N) is 1. The fourth-order valence-corrected chi connectivity index (χ4v) is 2.55. The minimum atomic E-state index is -0.324. The zero-order valence-corrected chi connectivity index (χ0v) is 13.2. The Morgan fingerprint density at radius 3 is 2.47 bits per heavy atom. The van der Waals surface area contributed by atoms with E-state index in [1.807, 2.05) is 0 Å². The third kappa shape index (κ3) is 7.14. The third-order valence-electron chi connectivity index (χ3n) is 3.75. The summed E-state index contributed by atoms with van der Waals surface area (Å²) in [7, 11) is 0. The molecule has 0 spiro atoms. The fraction of sp³-hybridized carbons (Fsp3) is 0.929. The molecule has 1 aliphatic heterocycles. The zero-order chi connectivity index (χ0) is 13.4. The number of likely N-dealkylation sites (tertiary alicyclic amines) is 1. The topological polar surface area (TPSA) is 58.4 Å². The Morgan fingerprint density at radius 1 is 1.32 bits per heavy atom. The van der Waals surface area contributed by atoms with E-state index in [1.165, 1.54) is 38.9 Å². The van der Waals surface area contributed by atoms with Crippen LogP contribution in [0.5, 0.6) is 0 Å². The summed E-state index contributed by atoms with van der Waals surface area (Å²) in [5.74, 6) is 0.656. The summed E-state index contributed by atoms with van der Waals surface area (Å²) in [4.78, 5) is 14.2. The molecular weight excluding hydrogens is 262 g/mol. The van der Waals surface area contributed by atoms with Gasteiger partial charge in [-0.25, -0.2) is 0 Å². The number of rotatable bonds is 7. The van der Waals surface area contributed by atoms with Gasteiger partial charge in [-0.1, -0.05) is 20.3 Å². The lowest BCUT2D eigenvalue weighted by Crippen LogP contribution is -2.44. The summed E-state index contributed by atoms with van der Waals surface area (Å²) in [5.41, 5.74) is 5.78. The largest absolute Gasteiger partial charge is 0.354 e.